The number of rotatable bonds is 3. The molecular weight excluding hydrogens is 360 g/mol. The van der Waals surface area contributed by atoms with Gasteiger partial charge in [-0.1, -0.05) is 28.1 Å². The summed E-state index contributed by atoms with van der Waals surface area (Å²) < 4.78 is 1.00. The maximum atomic E-state index is 12.3. The molecular formula is C17H15BrN2O3. The molecule has 2 amide bonds. The van der Waals surface area contributed by atoms with Crippen LogP contribution in [0.4, 0.5) is 5.69 Å². The Balaban J connectivity index is 1.85. The topological polar surface area (TPSA) is 69.6 Å². The molecule has 0 saturated heterocycles. The highest BCUT2D eigenvalue weighted by molar-refractivity contribution is 9.10. The fraction of sp³-hybridized carbons (Fsp3) is 0.176. The minimum atomic E-state index is -0.555. The molecule has 0 spiro atoms. The van der Waals surface area contributed by atoms with Crippen molar-refractivity contribution in [1.29, 1.82) is 0 Å². The SMILES string of the molecule is O=C(NO)c1ccc(CN2C(=O)CCc3cc(Br)ccc32)cc1. The van der Waals surface area contributed by atoms with Gasteiger partial charge in [0.2, 0.25) is 5.91 Å². The number of hydroxylamine groups is 1. The van der Waals surface area contributed by atoms with Crippen LogP contribution in [-0.4, -0.2) is 17.0 Å². The highest BCUT2D eigenvalue weighted by atomic mass is 79.9. The minimum absolute atomic E-state index is 0.0944. The maximum absolute atomic E-state index is 12.3. The van der Waals surface area contributed by atoms with Crippen LogP contribution in [0.1, 0.15) is 27.9 Å². The first-order chi connectivity index (χ1) is 11.1. The fourth-order valence-corrected chi connectivity index (χ4v) is 3.12. The highest BCUT2D eigenvalue weighted by Gasteiger charge is 2.24. The zero-order chi connectivity index (χ0) is 16.4. The molecule has 118 valence electrons. The molecule has 1 aliphatic rings. The third-order valence-electron chi connectivity index (χ3n) is 3.90. The number of hydrogen-bond acceptors (Lipinski definition) is 3. The molecule has 2 N–H and O–H groups in total. The van der Waals surface area contributed by atoms with Crippen molar-refractivity contribution >= 4 is 33.4 Å². The van der Waals surface area contributed by atoms with Crippen molar-refractivity contribution in [3.63, 3.8) is 0 Å². The van der Waals surface area contributed by atoms with Gasteiger partial charge >= 0.3 is 0 Å². The van der Waals surface area contributed by atoms with E-state index in [-0.39, 0.29) is 5.91 Å². The van der Waals surface area contributed by atoms with Gasteiger partial charge in [0.15, 0.2) is 0 Å². The monoisotopic (exact) mass is 374 g/mol. The number of nitrogens with zero attached hydrogens (tertiary/aromatic N) is 1. The van der Waals surface area contributed by atoms with Crippen LogP contribution in [0.15, 0.2) is 46.9 Å². The molecule has 3 rings (SSSR count). The summed E-state index contributed by atoms with van der Waals surface area (Å²) in [6.45, 7) is 0.453. The van der Waals surface area contributed by atoms with Crippen molar-refractivity contribution < 1.29 is 14.8 Å². The number of carbonyl (C=O) groups is 2. The standard InChI is InChI=1S/C17H15BrN2O3/c18-14-6-7-15-13(9-14)5-8-16(21)20(15)10-11-1-3-12(4-2-11)17(22)19-23/h1-4,6-7,9,23H,5,8,10H2,(H,19,22). The number of fused-ring (bicyclic) bond motifs is 1. The van der Waals surface area contributed by atoms with E-state index in [1.165, 1.54) is 0 Å². The first kappa shape index (κ1) is 15.7. The lowest BCUT2D eigenvalue weighted by Gasteiger charge is -2.29. The summed E-state index contributed by atoms with van der Waals surface area (Å²) >= 11 is 3.46. The molecule has 0 atom stereocenters. The first-order valence-corrected chi connectivity index (χ1v) is 8.00. The van der Waals surface area contributed by atoms with Crippen LogP contribution < -0.4 is 10.4 Å². The van der Waals surface area contributed by atoms with E-state index in [2.05, 4.69) is 15.9 Å². The molecule has 23 heavy (non-hydrogen) atoms. The van der Waals surface area contributed by atoms with Crippen LogP contribution in [0, 0.1) is 0 Å². The molecule has 0 bridgehead atoms. The van der Waals surface area contributed by atoms with E-state index in [1.807, 2.05) is 18.2 Å². The quantitative estimate of drug-likeness (QED) is 0.640. The van der Waals surface area contributed by atoms with Gasteiger partial charge in [-0.2, -0.15) is 0 Å². The van der Waals surface area contributed by atoms with Crippen molar-refractivity contribution in [2.45, 2.75) is 19.4 Å². The van der Waals surface area contributed by atoms with Crippen LogP contribution in [-0.2, 0) is 17.8 Å². The fourth-order valence-electron chi connectivity index (χ4n) is 2.71. The Morgan fingerprint density at radius 2 is 1.91 bits per heavy atom. The first-order valence-electron chi connectivity index (χ1n) is 7.20. The summed E-state index contributed by atoms with van der Waals surface area (Å²) in [6.07, 6.45) is 1.24. The number of amides is 2. The zero-order valence-electron chi connectivity index (χ0n) is 12.3. The molecule has 6 heteroatoms. The molecule has 0 fully saturated rings. The molecule has 0 unspecified atom stereocenters. The highest BCUT2D eigenvalue weighted by Crippen LogP contribution is 2.31. The van der Waals surface area contributed by atoms with Gasteiger partial charge in [-0.15, -0.1) is 0 Å². The Kier molecular flexibility index (Phi) is 4.45. The molecule has 5 nitrogen and oxygen atoms in total. The summed E-state index contributed by atoms with van der Waals surface area (Å²) in [6, 6.07) is 12.7. The molecule has 2 aromatic carbocycles. The summed E-state index contributed by atoms with van der Waals surface area (Å²) in [5.74, 6) is -0.460. The lowest BCUT2D eigenvalue weighted by Crippen LogP contribution is -2.34. The second-order valence-electron chi connectivity index (χ2n) is 5.39. The number of nitrogens with one attached hydrogen (secondary N) is 1. The number of hydrogen-bond donors (Lipinski definition) is 2. The van der Waals surface area contributed by atoms with Gasteiger partial charge in [-0.05, 0) is 47.9 Å². The summed E-state index contributed by atoms with van der Waals surface area (Å²) in [7, 11) is 0. The van der Waals surface area contributed by atoms with Crippen LogP contribution in [0.5, 0.6) is 0 Å². The van der Waals surface area contributed by atoms with E-state index in [0.29, 0.717) is 18.5 Å². The Hall–Kier alpha value is -2.18. The van der Waals surface area contributed by atoms with Crippen LogP contribution in [0.3, 0.4) is 0 Å². The maximum Gasteiger partial charge on any atom is 0.274 e. The minimum Gasteiger partial charge on any atom is -0.308 e. The molecule has 1 aliphatic heterocycles. The van der Waals surface area contributed by atoms with E-state index in [0.717, 1.165) is 27.7 Å². The predicted octanol–water partition coefficient (Wildman–Crippen LogP) is 3.05. The van der Waals surface area contributed by atoms with Gasteiger partial charge in [0.25, 0.3) is 5.91 Å². The second-order valence-corrected chi connectivity index (χ2v) is 6.31. The lowest BCUT2D eigenvalue weighted by molar-refractivity contribution is -0.119. The van der Waals surface area contributed by atoms with Gasteiger partial charge in [-0.25, -0.2) is 5.48 Å². The zero-order valence-corrected chi connectivity index (χ0v) is 13.8. The average Bonchev–Trinajstić information content (AvgIpc) is 2.57. The molecule has 0 aliphatic carbocycles. The second kappa shape index (κ2) is 6.52. The van der Waals surface area contributed by atoms with Crippen LogP contribution in [0.25, 0.3) is 0 Å². The van der Waals surface area contributed by atoms with Crippen LogP contribution in [0.2, 0.25) is 0 Å². The van der Waals surface area contributed by atoms with Crippen LogP contribution >= 0.6 is 15.9 Å². The summed E-state index contributed by atoms with van der Waals surface area (Å²) in [5.41, 5.74) is 4.97. The van der Waals surface area contributed by atoms with Crippen molar-refractivity contribution in [3.05, 3.63) is 63.6 Å². The Labute approximate surface area is 142 Å². The Morgan fingerprint density at radius 1 is 1.17 bits per heavy atom. The number of carbonyl (C=O) groups excluding carboxylic acids is 2. The molecule has 0 radical (unpaired) electrons. The number of benzene rings is 2. The number of anilines is 1. The third-order valence-corrected chi connectivity index (χ3v) is 4.39. The average molecular weight is 375 g/mol. The number of aryl methyl sites for hydroxylation is 1. The van der Waals surface area contributed by atoms with Crippen molar-refractivity contribution in [3.8, 4) is 0 Å². The summed E-state index contributed by atoms with van der Waals surface area (Å²) in [4.78, 5) is 25.4. The molecule has 1 heterocycles. The predicted molar refractivity (Wildman–Crippen MR) is 89.3 cm³/mol. The molecule has 0 aromatic heterocycles. The lowest BCUT2D eigenvalue weighted by atomic mass is 10.0. The smallest absolute Gasteiger partial charge is 0.274 e. The van der Waals surface area contributed by atoms with Crippen molar-refractivity contribution in [2.75, 3.05) is 4.90 Å². The van der Waals surface area contributed by atoms with E-state index < -0.39 is 5.91 Å². The van der Waals surface area contributed by atoms with E-state index >= 15 is 0 Å². The summed E-state index contributed by atoms with van der Waals surface area (Å²) in [5, 5.41) is 8.63. The third kappa shape index (κ3) is 3.28. The van der Waals surface area contributed by atoms with E-state index in [9.17, 15) is 9.59 Å². The Morgan fingerprint density at radius 3 is 2.61 bits per heavy atom. The van der Waals surface area contributed by atoms with Gasteiger partial charge in [0.05, 0.1) is 6.54 Å². The van der Waals surface area contributed by atoms with Crippen molar-refractivity contribution in [2.24, 2.45) is 0 Å². The molecule has 0 saturated carbocycles. The Bertz CT molecular complexity index is 759. The van der Waals surface area contributed by atoms with Gasteiger partial charge in [-0.3, -0.25) is 14.8 Å². The van der Waals surface area contributed by atoms with E-state index in [4.69, 9.17) is 5.21 Å². The number of halogens is 1. The largest absolute Gasteiger partial charge is 0.308 e. The molecule has 2 aromatic rings. The normalized spacial score (nSPS) is 13.7. The van der Waals surface area contributed by atoms with Gasteiger partial charge < -0.3 is 4.90 Å². The van der Waals surface area contributed by atoms with Gasteiger partial charge in [0, 0.05) is 22.1 Å². The van der Waals surface area contributed by atoms with E-state index in [1.54, 1.807) is 34.6 Å². The van der Waals surface area contributed by atoms with Crippen molar-refractivity contribution in [1.82, 2.24) is 5.48 Å². The van der Waals surface area contributed by atoms with Gasteiger partial charge in [0.1, 0.15) is 0 Å².